The lowest BCUT2D eigenvalue weighted by atomic mass is 9.79. The van der Waals surface area contributed by atoms with Crippen molar-refractivity contribution in [2.45, 2.75) is 12.8 Å². The van der Waals surface area contributed by atoms with E-state index < -0.39 is 0 Å². The van der Waals surface area contributed by atoms with Gasteiger partial charge in [0.25, 0.3) is 5.91 Å². The number of nitrogens with zero attached hydrogens (tertiary/aromatic N) is 1. The maximum absolute atomic E-state index is 12.4. The van der Waals surface area contributed by atoms with E-state index in [-0.39, 0.29) is 36.1 Å². The van der Waals surface area contributed by atoms with Crippen LogP contribution in [0.4, 0.5) is 0 Å². The van der Waals surface area contributed by atoms with Gasteiger partial charge in [0.15, 0.2) is 12.2 Å². The molecule has 144 valence electrons. The Kier molecular flexibility index (Phi) is 9.08. The molecule has 1 saturated heterocycles. The van der Waals surface area contributed by atoms with Crippen molar-refractivity contribution in [3.8, 4) is 11.3 Å². The number of benzene rings is 1. The average Bonchev–Trinajstić information content (AvgIpc) is 3.16. The molecule has 0 bridgehead atoms. The van der Waals surface area contributed by atoms with Crippen LogP contribution in [0, 0.1) is 5.41 Å². The fourth-order valence-electron chi connectivity index (χ4n) is 3.15. The summed E-state index contributed by atoms with van der Waals surface area (Å²) in [6.07, 6.45) is 5.06. The van der Waals surface area contributed by atoms with Gasteiger partial charge in [-0.3, -0.25) is 4.79 Å². The second kappa shape index (κ2) is 10.5. The van der Waals surface area contributed by atoms with Crippen LogP contribution in [-0.4, -0.2) is 44.2 Å². The van der Waals surface area contributed by atoms with Crippen molar-refractivity contribution >= 4 is 30.7 Å². The zero-order valence-electron chi connectivity index (χ0n) is 14.7. The highest BCUT2D eigenvalue weighted by atomic mass is 35.5. The van der Waals surface area contributed by atoms with Gasteiger partial charge in [-0.25, -0.2) is 4.98 Å². The summed E-state index contributed by atoms with van der Waals surface area (Å²) >= 11 is 0. The first kappa shape index (κ1) is 22.4. The lowest BCUT2D eigenvalue weighted by molar-refractivity contribution is 0.0512. The van der Waals surface area contributed by atoms with Crippen molar-refractivity contribution in [2.24, 2.45) is 5.41 Å². The van der Waals surface area contributed by atoms with Crippen LogP contribution >= 0.6 is 24.8 Å². The second-order valence-corrected chi connectivity index (χ2v) is 6.31. The van der Waals surface area contributed by atoms with Gasteiger partial charge >= 0.3 is 0 Å². The predicted molar refractivity (Wildman–Crippen MR) is 105 cm³/mol. The first-order valence-electron chi connectivity index (χ1n) is 8.19. The largest absolute Gasteiger partial charge is 0.444 e. The van der Waals surface area contributed by atoms with Crippen LogP contribution in [0.5, 0.6) is 0 Å². The van der Waals surface area contributed by atoms with E-state index in [4.69, 9.17) is 9.15 Å². The summed E-state index contributed by atoms with van der Waals surface area (Å²) in [6.45, 7) is 3.22. The first-order valence-corrected chi connectivity index (χ1v) is 8.19. The minimum Gasteiger partial charge on any atom is -0.444 e. The second-order valence-electron chi connectivity index (χ2n) is 6.31. The fraction of sp³-hybridized carbons (Fsp3) is 0.444. The SMILES string of the molecule is COCC1(CNC(=O)c2ccc(-c3cnco3)cc2)CCNCC1.Cl.Cl. The molecule has 8 heteroatoms. The molecule has 1 amide bonds. The summed E-state index contributed by atoms with van der Waals surface area (Å²) < 4.78 is 10.6. The molecule has 1 aromatic carbocycles. The Morgan fingerprint density at radius 1 is 1.27 bits per heavy atom. The fourth-order valence-corrected chi connectivity index (χ4v) is 3.15. The Morgan fingerprint density at radius 3 is 2.54 bits per heavy atom. The summed E-state index contributed by atoms with van der Waals surface area (Å²) in [5, 5.41) is 6.42. The van der Waals surface area contributed by atoms with Gasteiger partial charge in [0.05, 0.1) is 12.8 Å². The van der Waals surface area contributed by atoms with E-state index in [1.54, 1.807) is 25.4 Å². The lowest BCUT2D eigenvalue weighted by Gasteiger charge is -2.37. The van der Waals surface area contributed by atoms with E-state index in [0.717, 1.165) is 31.5 Å². The van der Waals surface area contributed by atoms with Gasteiger partial charge < -0.3 is 19.8 Å². The van der Waals surface area contributed by atoms with Gasteiger partial charge in [-0.2, -0.15) is 0 Å². The third kappa shape index (κ3) is 5.45. The summed E-state index contributed by atoms with van der Waals surface area (Å²) in [7, 11) is 1.72. The van der Waals surface area contributed by atoms with Crippen LogP contribution in [0.15, 0.2) is 41.3 Å². The van der Waals surface area contributed by atoms with Crippen molar-refractivity contribution in [1.29, 1.82) is 0 Å². The number of rotatable bonds is 6. The molecule has 3 rings (SSSR count). The van der Waals surface area contributed by atoms with Crippen LogP contribution in [0.25, 0.3) is 11.3 Å². The normalized spacial score (nSPS) is 15.4. The summed E-state index contributed by atoms with van der Waals surface area (Å²) in [6, 6.07) is 7.34. The lowest BCUT2D eigenvalue weighted by Crippen LogP contribution is -2.47. The zero-order chi connectivity index (χ0) is 16.8. The van der Waals surface area contributed by atoms with Gasteiger partial charge in [0.2, 0.25) is 0 Å². The van der Waals surface area contributed by atoms with E-state index in [2.05, 4.69) is 15.6 Å². The summed E-state index contributed by atoms with van der Waals surface area (Å²) in [5.41, 5.74) is 1.56. The van der Waals surface area contributed by atoms with Gasteiger partial charge in [-0.1, -0.05) is 12.1 Å². The molecule has 2 aromatic rings. The Morgan fingerprint density at radius 2 is 1.96 bits per heavy atom. The molecule has 1 fully saturated rings. The van der Waals surface area contributed by atoms with Crippen molar-refractivity contribution in [1.82, 2.24) is 15.6 Å². The maximum atomic E-state index is 12.4. The minimum absolute atomic E-state index is 0. The molecule has 1 aliphatic rings. The van der Waals surface area contributed by atoms with Gasteiger partial charge in [-0.05, 0) is 38.1 Å². The molecule has 1 aromatic heterocycles. The van der Waals surface area contributed by atoms with Crippen molar-refractivity contribution in [2.75, 3.05) is 33.4 Å². The Labute approximate surface area is 165 Å². The highest BCUT2D eigenvalue weighted by Crippen LogP contribution is 2.28. The number of carbonyl (C=O) groups is 1. The Hall–Kier alpha value is -1.60. The molecular formula is C18H25Cl2N3O3. The van der Waals surface area contributed by atoms with Crippen LogP contribution in [0.2, 0.25) is 0 Å². The Bertz CT molecular complexity index is 651. The van der Waals surface area contributed by atoms with E-state index in [0.29, 0.717) is 24.5 Å². The predicted octanol–water partition coefficient (Wildman–Crippen LogP) is 2.93. The van der Waals surface area contributed by atoms with Crippen LogP contribution in [-0.2, 0) is 4.74 Å². The molecule has 0 saturated carbocycles. The molecular weight excluding hydrogens is 377 g/mol. The number of aromatic nitrogens is 1. The standard InChI is InChI=1S/C18H23N3O3.2ClH/c1-23-12-18(6-8-19-9-7-18)11-21-17(22)15-4-2-14(3-5-15)16-10-20-13-24-16;;/h2-5,10,13,19H,6-9,11-12H2,1H3,(H,21,22);2*1H. The first-order chi connectivity index (χ1) is 11.7. The molecule has 0 aliphatic carbocycles. The molecule has 2 heterocycles. The Balaban J connectivity index is 0.00000169. The number of ether oxygens (including phenoxy) is 1. The quantitative estimate of drug-likeness (QED) is 0.777. The molecule has 1 aliphatic heterocycles. The molecule has 0 atom stereocenters. The summed E-state index contributed by atoms with van der Waals surface area (Å²) in [5.74, 6) is 0.629. The zero-order valence-corrected chi connectivity index (χ0v) is 16.3. The number of nitrogens with one attached hydrogen (secondary N) is 2. The maximum Gasteiger partial charge on any atom is 0.251 e. The van der Waals surface area contributed by atoms with E-state index in [1.165, 1.54) is 6.39 Å². The molecule has 26 heavy (non-hydrogen) atoms. The van der Waals surface area contributed by atoms with E-state index in [9.17, 15) is 4.79 Å². The topological polar surface area (TPSA) is 76.4 Å². The molecule has 0 radical (unpaired) electrons. The van der Waals surface area contributed by atoms with Crippen LogP contribution in [0.1, 0.15) is 23.2 Å². The molecule has 6 nitrogen and oxygen atoms in total. The number of hydrogen-bond donors (Lipinski definition) is 2. The molecule has 0 unspecified atom stereocenters. The van der Waals surface area contributed by atoms with E-state index in [1.807, 2.05) is 12.1 Å². The van der Waals surface area contributed by atoms with Gasteiger partial charge in [0, 0.05) is 30.2 Å². The van der Waals surface area contributed by atoms with Crippen LogP contribution < -0.4 is 10.6 Å². The number of piperidine rings is 1. The van der Waals surface area contributed by atoms with Crippen molar-refractivity contribution < 1.29 is 13.9 Å². The number of methoxy groups -OCH3 is 1. The monoisotopic (exact) mass is 401 g/mol. The van der Waals surface area contributed by atoms with Gasteiger partial charge in [-0.15, -0.1) is 24.8 Å². The van der Waals surface area contributed by atoms with Crippen molar-refractivity contribution in [3.05, 3.63) is 42.4 Å². The number of carbonyl (C=O) groups excluding carboxylic acids is 1. The molecule has 0 spiro atoms. The highest BCUT2D eigenvalue weighted by Gasteiger charge is 2.32. The van der Waals surface area contributed by atoms with Gasteiger partial charge in [0.1, 0.15) is 0 Å². The van der Waals surface area contributed by atoms with Crippen LogP contribution in [0.3, 0.4) is 0 Å². The third-order valence-electron chi connectivity index (χ3n) is 4.60. The van der Waals surface area contributed by atoms with E-state index >= 15 is 0 Å². The number of halogens is 2. The molecule has 2 N–H and O–H groups in total. The minimum atomic E-state index is -0.0619. The number of oxazole rings is 1. The number of amides is 1. The number of hydrogen-bond acceptors (Lipinski definition) is 5. The third-order valence-corrected chi connectivity index (χ3v) is 4.60. The smallest absolute Gasteiger partial charge is 0.251 e. The summed E-state index contributed by atoms with van der Waals surface area (Å²) in [4.78, 5) is 16.3. The average molecular weight is 402 g/mol. The highest BCUT2D eigenvalue weighted by molar-refractivity contribution is 5.94. The van der Waals surface area contributed by atoms with Crippen molar-refractivity contribution in [3.63, 3.8) is 0 Å².